The maximum absolute atomic E-state index is 12.2. The highest BCUT2D eigenvalue weighted by Crippen LogP contribution is 2.18. The number of guanidine groups is 1. The summed E-state index contributed by atoms with van der Waals surface area (Å²) in [6.45, 7) is 6.75. The Kier molecular flexibility index (Phi) is 11.9. The molecular formula is C20H34IN5O2. The first-order valence-corrected chi connectivity index (χ1v) is 9.75. The van der Waals surface area contributed by atoms with Gasteiger partial charge in [-0.3, -0.25) is 4.79 Å². The zero-order chi connectivity index (χ0) is 19.5. The van der Waals surface area contributed by atoms with Crippen LogP contribution in [0, 0.1) is 0 Å². The summed E-state index contributed by atoms with van der Waals surface area (Å²) in [5.74, 6) is 1.63. The number of carbonyl (C=O) groups excluding carboxylic acids is 1. The van der Waals surface area contributed by atoms with Crippen molar-refractivity contribution in [3.8, 4) is 5.75 Å². The maximum Gasteiger partial charge on any atom is 0.241 e. The zero-order valence-electron chi connectivity index (χ0n) is 17.2. The molecule has 1 heterocycles. The first-order valence-electron chi connectivity index (χ1n) is 9.75. The number of nitrogens with zero attached hydrogens (tertiary/aromatic N) is 3. The molecule has 1 aromatic carbocycles. The maximum atomic E-state index is 12.2. The number of nitrogens with one attached hydrogen (secondary N) is 2. The molecule has 0 radical (unpaired) electrons. The van der Waals surface area contributed by atoms with Crippen molar-refractivity contribution in [1.29, 1.82) is 0 Å². The predicted molar refractivity (Wildman–Crippen MR) is 125 cm³/mol. The highest BCUT2D eigenvalue weighted by atomic mass is 127. The van der Waals surface area contributed by atoms with Crippen LogP contribution in [0.5, 0.6) is 5.75 Å². The predicted octanol–water partition coefficient (Wildman–Crippen LogP) is 1.92. The van der Waals surface area contributed by atoms with Gasteiger partial charge >= 0.3 is 0 Å². The summed E-state index contributed by atoms with van der Waals surface area (Å²) >= 11 is 0. The fourth-order valence-corrected chi connectivity index (χ4v) is 2.86. The molecule has 2 rings (SSSR count). The molecule has 0 saturated carbocycles. The first kappa shape index (κ1) is 24.5. The summed E-state index contributed by atoms with van der Waals surface area (Å²) in [5, 5.41) is 6.34. The summed E-state index contributed by atoms with van der Waals surface area (Å²) in [4.78, 5) is 20.8. The van der Waals surface area contributed by atoms with Crippen molar-refractivity contribution < 1.29 is 9.53 Å². The molecule has 1 fully saturated rings. The van der Waals surface area contributed by atoms with Gasteiger partial charge in [-0.1, -0.05) is 18.2 Å². The fourth-order valence-electron chi connectivity index (χ4n) is 2.86. The quantitative estimate of drug-likeness (QED) is 0.306. The van der Waals surface area contributed by atoms with Gasteiger partial charge in [0.15, 0.2) is 5.96 Å². The lowest BCUT2D eigenvalue weighted by Gasteiger charge is -2.17. The molecule has 0 spiro atoms. The minimum atomic E-state index is 0. The number of para-hydroxylation sites is 1. The second-order valence-electron chi connectivity index (χ2n) is 6.90. The van der Waals surface area contributed by atoms with Crippen LogP contribution in [-0.2, 0) is 11.3 Å². The van der Waals surface area contributed by atoms with Gasteiger partial charge in [0.05, 0.1) is 13.1 Å². The molecule has 158 valence electrons. The van der Waals surface area contributed by atoms with Crippen molar-refractivity contribution in [2.75, 3.05) is 53.4 Å². The van der Waals surface area contributed by atoms with Crippen LogP contribution in [0.3, 0.4) is 0 Å². The second-order valence-corrected chi connectivity index (χ2v) is 6.90. The Bertz CT molecular complexity index is 618. The standard InChI is InChI=1S/C20H33N5O2.HI/c1-4-21-20(23-16-19(26)25-11-7-8-12-25)22-15-17-9-5-6-10-18(17)27-14-13-24(2)3;/h5-6,9-10H,4,7-8,11-16H2,1-3H3,(H2,21,22,23);1H. The first-order chi connectivity index (χ1) is 13.1. The Hall–Kier alpha value is -1.55. The van der Waals surface area contributed by atoms with E-state index in [1.807, 2.05) is 50.2 Å². The van der Waals surface area contributed by atoms with Gasteiger partial charge < -0.3 is 25.2 Å². The number of benzene rings is 1. The van der Waals surface area contributed by atoms with E-state index in [2.05, 4.69) is 20.5 Å². The minimum absolute atomic E-state index is 0. The molecule has 0 unspecified atom stereocenters. The van der Waals surface area contributed by atoms with Crippen molar-refractivity contribution in [2.45, 2.75) is 26.3 Å². The third kappa shape index (κ3) is 8.64. The van der Waals surface area contributed by atoms with E-state index in [4.69, 9.17) is 4.74 Å². The number of ether oxygens (including phenoxy) is 1. The Morgan fingerprint density at radius 1 is 1.21 bits per heavy atom. The van der Waals surface area contributed by atoms with Gasteiger partial charge in [0, 0.05) is 31.7 Å². The molecule has 1 aliphatic heterocycles. The molecule has 8 heteroatoms. The van der Waals surface area contributed by atoms with Gasteiger partial charge in [-0.05, 0) is 39.9 Å². The topological polar surface area (TPSA) is 69.2 Å². The third-order valence-electron chi connectivity index (χ3n) is 4.39. The molecule has 1 amide bonds. The third-order valence-corrected chi connectivity index (χ3v) is 4.39. The summed E-state index contributed by atoms with van der Waals surface area (Å²) < 4.78 is 5.89. The van der Waals surface area contributed by atoms with Gasteiger partial charge in [-0.15, -0.1) is 24.0 Å². The van der Waals surface area contributed by atoms with Crippen LogP contribution < -0.4 is 15.4 Å². The van der Waals surface area contributed by atoms with Crippen LogP contribution in [-0.4, -0.2) is 75.1 Å². The second kappa shape index (κ2) is 13.6. The zero-order valence-corrected chi connectivity index (χ0v) is 19.6. The number of carbonyl (C=O) groups is 1. The van der Waals surface area contributed by atoms with Crippen LogP contribution in [0.25, 0.3) is 0 Å². The van der Waals surface area contributed by atoms with Crippen LogP contribution in [0.15, 0.2) is 29.3 Å². The number of likely N-dealkylation sites (tertiary alicyclic amines) is 1. The molecule has 1 aliphatic rings. The van der Waals surface area contributed by atoms with Crippen LogP contribution in [0.2, 0.25) is 0 Å². The molecule has 28 heavy (non-hydrogen) atoms. The fraction of sp³-hybridized carbons (Fsp3) is 0.600. The smallest absolute Gasteiger partial charge is 0.241 e. The van der Waals surface area contributed by atoms with Crippen molar-refractivity contribution in [3.63, 3.8) is 0 Å². The molecule has 7 nitrogen and oxygen atoms in total. The number of hydrogen-bond acceptors (Lipinski definition) is 4. The van der Waals surface area contributed by atoms with Crippen LogP contribution >= 0.6 is 24.0 Å². The molecule has 0 aromatic heterocycles. The Balaban J connectivity index is 0.00000392. The molecule has 0 bridgehead atoms. The van der Waals surface area contributed by atoms with E-state index >= 15 is 0 Å². The number of amides is 1. The number of aliphatic imine (C=N–C) groups is 1. The lowest BCUT2D eigenvalue weighted by molar-refractivity contribution is -0.128. The molecule has 0 atom stereocenters. The van der Waals surface area contributed by atoms with E-state index in [1.54, 1.807) is 0 Å². The molecule has 2 N–H and O–H groups in total. The van der Waals surface area contributed by atoms with E-state index in [1.165, 1.54) is 0 Å². The van der Waals surface area contributed by atoms with Crippen LogP contribution in [0.4, 0.5) is 0 Å². The average Bonchev–Trinajstić information content (AvgIpc) is 3.19. The lowest BCUT2D eigenvalue weighted by Crippen LogP contribution is -2.44. The van der Waals surface area contributed by atoms with Crippen LogP contribution in [0.1, 0.15) is 25.3 Å². The Labute approximate surface area is 185 Å². The Morgan fingerprint density at radius 3 is 2.61 bits per heavy atom. The molecular weight excluding hydrogens is 469 g/mol. The monoisotopic (exact) mass is 503 g/mol. The minimum Gasteiger partial charge on any atom is -0.492 e. The van der Waals surface area contributed by atoms with Gasteiger partial charge in [0.25, 0.3) is 0 Å². The normalized spacial score (nSPS) is 14.0. The van der Waals surface area contributed by atoms with E-state index in [9.17, 15) is 4.79 Å². The number of halogens is 1. The summed E-state index contributed by atoms with van der Waals surface area (Å²) in [6, 6.07) is 7.95. The summed E-state index contributed by atoms with van der Waals surface area (Å²) in [5.41, 5.74) is 1.03. The van der Waals surface area contributed by atoms with Crippen molar-refractivity contribution in [1.82, 2.24) is 20.4 Å². The summed E-state index contributed by atoms with van der Waals surface area (Å²) in [7, 11) is 4.05. The number of likely N-dealkylation sites (N-methyl/N-ethyl adjacent to an activating group) is 1. The largest absolute Gasteiger partial charge is 0.492 e. The average molecular weight is 503 g/mol. The number of rotatable bonds is 9. The van der Waals surface area contributed by atoms with Crippen molar-refractivity contribution >= 4 is 35.8 Å². The number of hydrogen-bond donors (Lipinski definition) is 2. The van der Waals surface area contributed by atoms with Gasteiger partial charge in [0.1, 0.15) is 12.4 Å². The van der Waals surface area contributed by atoms with E-state index < -0.39 is 0 Å². The van der Waals surface area contributed by atoms with Gasteiger partial charge in [-0.2, -0.15) is 0 Å². The molecule has 1 saturated heterocycles. The highest BCUT2D eigenvalue weighted by molar-refractivity contribution is 14.0. The highest BCUT2D eigenvalue weighted by Gasteiger charge is 2.17. The Morgan fingerprint density at radius 2 is 1.93 bits per heavy atom. The SMILES string of the molecule is CCNC(=NCc1ccccc1OCCN(C)C)NCC(=O)N1CCCC1.I. The van der Waals surface area contributed by atoms with E-state index in [-0.39, 0.29) is 36.4 Å². The van der Waals surface area contributed by atoms with Gasteiger partial charge in [0.2, 0.25) is 5.91 Å². The van der Waals surface area contributed by atoms with E-state index in [0.29, 0.717) is 19.1 Å². The van der Waals surface area contributed by atoms with Crippen molar-refractivity contribution in [2.24, 2.45) is 4.99 Å². The van der Waals surface area contributed by atoms with E-state index in [0.717, 1.165) is 50.3 Å². The van der Waals surface area contributed by atoms with Gasteiger partial charge in [-0.25, -0.2) is 4.99 Å². The molecule has 1 aromatic rings. The molecule has 0 aliphatic carbocycles. The van der Waals surface area contributed by atoms with Crippen molar-refractivity contribution in [3.05, 3.63) is 29.8 Å². The summed E-state index contributed by atoms with van der Waals surface area (Å²) in [6.07, 6.45) is 2.20. The lowest BCUT2D eigenvalue weighted by atomic mass is 10.2.